The zero-order chi connectivity index (χ0) is 25.9. The van der Waals surface area contributed by atoms with Gasteiger partial charge in [0.25, 0.3) is 0 Å². The fourth-order valence-electron chi connectivity index (χ4n) is 3.82. The van der Waals surface area contributed by atoms with Gasteiger partial charge in [-0.15, -0.1) is 0 Å². The highest BCUT2D eigenvalue weighted by molar-refractivity contribution is 5.86. The van der Waals surface area contributed by atoms with Crippen LogP contribution >= 0.6 is 0 Å². The zero-order valence-electron chi connectivity index (χ0n) is 19.4. The predicted octanol–water partition coefficient (Wildman–Crippen LogP) is 7.65. The number of halogens is 6. The van der Waals surface area contributed by atoms with Crippen LogP contribution in [0.25, 0.3) is 5.57 Å². The fraction of sp³-hybridized carbons (Fsp3) is 0.400. The van der Waals surface area contributed by atoms with E-state index >= 15 is 0 Å². The molecule has 0 saturated carbocycles. The maximum Gasteiger partial charge on any atom is 0.419 e. The molecule has 2 N–H and O–H groups in total. The van der Waals surface area contributed by atoms with Crippen molar-refractivity contribution in [3.8, 4) is 5.75 Å². The molecule has 34 heavy (non-hydrogen) atoms. The van der Waals surface area contributed by atoms with Gasteiger partial charge in [0.2, 0.25) is 0 Å². The number of aliphatic imine (C=N–C) groups is 1. The van der Waals surface area contributed by atoms with Gasteiger partial charge in [-0.25, -0.2) is 0 Å². The van der Waals surface area contributed by atoms with Gasteiger partial charge >= 0.3 is 12.4 Å². The van der Waals surface area contributed by atoms with Crippen molar-refractivity contribution >= 4 is 18.0 Å². The van der Waals surface area contributed by atoms with E-state index in [1.165, 1.54) is 24.3 Å². The molecule has 3 nitrogen and oxygen atoms in total. The Morgan fingerprint density at radius 3 is 2.21 bits per heavy atom. The minimum atomic E-state index is -4.73. The number of ether oxygens (including phenoxy) is 1. The van der Waals surface area contributed by atoms with Crippen LogP contribution in [0.5, 0.6) is 5.75 Å². The Labute approximate surface area is 195 Å². The number of rotatable bonds is 8. The molecule has 2 aromatic rings. The second-order valence-corrected chi connectivity index (χ2v) is 8.84. The van der Waals surface area contributed by atoms with Crippen LogP contribution < -0.4 is 10.5 Å². The molecule has 0 amide bonds. The molecule has 0 heterocycles. The summed E-state index contributed by atoms with van der Waals surface area (Å²) < 4.78 is 86.3. The van der Waals surface area contributed by atoms with E-state index < -0.39 is 29.0 Å². The number of nitrogens with two attached hydrogens (primary N) is 1. The van der Waals surface area contributed by atoms with Crippen LogP contribution in [0.3, 0.4) is 0 Å². The van der Waals surface area contributed by atoms with Crippen molar-refractivity contribution in [3.05, 3.63) is 64.7 Å². The van der Waals surface area contributed by atoms with Crippen LogP contribution in [-0.4, -0.2) is 18.9 Å². The van der Waals surface area contributed by atoms with E-state index in [2.05, 4.69) is 11.7 Å². The molecule has 0 bridgehead atoms. The molecule has 1 atom stereocenters. The van der Waals surface area contributed by atoms with Gasteiger partial charge in [-0.2, -0.15) is 26.3 Å². The highest BCUT2D eigenvalue weighted by Crippen LogP contribution is 2.41. The molecule has 0 spiro atoms. The summed E-state index contributed by atoms with van der Waals surface area (Å²) in [4.78, 5) is 3.66. The third-order valence-corrected chi connectivity index (χ3v) is 5.10. The second kappa shape index (κ2) is 10.2. The molecule has 2 rings (SSSR count). The number of hydrogen-bond donors (Lipinski definition) is 1. The molecule has 0 radical (unpaired) electrons. The predicted molar refractivity (Wildman–Crippen MR) is 122 cm³/mol. The lowest BCUT2D eigenvalue weighted by atomic mass is 9.92. The lowest BCUT2D eigenvalue weighted by Gasteiger charge is -2.27. The number of allylic oxidation sites excluding steroid dienone is 1. The number of benzene rings is 2. The summed E-state index contributed by atoms with van der Waals surface area (Å²) >= 11 is 0. The molecule has 9 heteroatoms. The maximum absolute atomic E-state index is 13.9. The largest absolute Gasteiger partial charge is 0.491 e. The SMILES string of the molecule is C=Nc1cc(C(F)(F)F)ccc1/C(=C\C)c1ccc(OCC(C)(N)CC(C)C)c(C(F)(F)F)c1. The first-order valence-electron chi connectivity index (χ1n) is 10.6. The molecule has 186 valence electrons. The summed E-state index contributed by atoms with van der Waals surface area (Å²) in [6, 6.07) is 6.35. The Bertz CT molecular complexity index is 1050. The Morgan fingerprint density at radius 1 is 1.06 bits per heavy atom. The minimum absolute atomic E-state index is 0.0932. The number of hydrogen-bond acceptors (Lipinski definition) is 3. The van der Waals surface area contributed by atoms with Crippen molar-refractivity contribution in [2.75, 3.05) is 6.61 Å². The zero-order valence-corrected chi connectivity index (χ0v) is 19.4. The third-order valence-electron chi connectivity index (χ3n) is 5.10. The van der Waals surface area contributed by atoms with Gasteiger partial charge < -0.3 is 10.5 Å². The Kier molecular flexibility index (Phi) is 8.24. The monoisotopic (exact) mass is 486 g/mol. The molecular weight excluding hydrogens is 458 g/mol. The van der Waals surface area contributed by atoms with Crippen molar-refractivity contribution in [2.24, 2.45) is 16.6 Å². The number of alkyl halides is 6. The van der Waals surface area contributed by atoms with Crippen molar-refractivity contribution < 1.29 is 31.1 Å². The van der Waals surface area contributed by atoms with Gasteiger partial charge in [0.1, 0.15) is 12.4 Å². The van der Waals surface area contributed by atoms with Crippen LogP contribution in [0, 0.1) is 5.92 Å². The molecule has 2 aromatic carbocycles. The van der Waals surface area contributed by atoms with Gasteiger partial charge in [0.05, 0.1) is 16.8 Å². The average Bonchev–Trinajstić information content (AvgIpc) is 2.71. The highest BCUT2D eigenvalue weighted by Gasteiger charge is 2.36. The summed E-state index contributed by atoms with van der Waals surface area (Å²) in [5.74, 6) is -0.140. The van der Waals surface area contributed by atoms with Crippen molar-refractivity contribution in [1.29, 1.82) is 0 Å². The van der Waals surface area contributed by atoms with Gasteiger partial charge in [-0.3, -0.25) is 4.99 Å². The van der Waals surface area contributed by atoms with Crippen LogP contribution in [0.15, 0.2) is 47.5 Å². The summed E-state index contributed by atoms with van der Waals surface area (Å²) in [7, 11) is 0. The second-order valence-electron chi connectivity index (χ2n) is 8.84. The van der Waals surface area contributed by atoms with Gasteiger partial charge in [-0.1, -0.05) is 32.1 Å². The highest BCUT2D eigenvalue weighted by atomic mass is 19.4. The molecule has 1 unspecified atom stereocenters. The van der Waals surface area contributed by atoms with Crippen LogP contribution in [0.4, 0.5) is 32.0 Å². The van der Waals surface area contributed by atoms with Gasteiger partial charge in [-0.05, 0) is 68.3 Å². The van der Waals surface area contributed by atoms with E-state index in [4.69, 9.17) is 10.5 Å². The Balaban J connectivity index is 2.50. The first kappa shape index (κ1) is 27.4. The molecule has 0 saturated heterocycles. The van der Waals surface area contributed by atoms with E-state index in [-0.39, 0.29) is 40.7 Å². The van der Waals surface area contributed by atoms with Gasteiger partial charge in [0.15, 0.2) is 0 Å². The molecular formula is C25H28F6N2O. The molecule has 0 fully saturated rings. The minimum Gasteiger partial charge on any atom is -0.491 e. The third kappa shape index (κ3) is 6.85. The first-order valence-corrected chi connectivity index (χ1v) is 10.6. The van der Waals surface area contributed by atoms with E-state index in [0.29, 0.717) is 6.42 Å². The van der Waals surface area contributed by atoms with E-state index in [1.807, 2.05) is 13.8 Å². The summed E-state index contributed by atoms with van der Waals surface area (Å²) in [5, 5.41) is 0. The summed E-state index contributed by atoms with van der Waals surface area (Å²) in [6.45, 7) is 10.4. The molecule has 0 aromatic heterocycles. The summed E-state index contributed by atoms with van der Waals surface area (Å²) in [5.41, 5.74) is 3.94. The Morgan fingerprint density at radius 2 is 1.71 bits per heavy atom. The fourth-order valence-corrected chi connectivity index (χ4v) is 3.82. The molecule has 0 aliphatic rings. The van der Waals surface area contributed by atoms with Crippen molar-refractivity contribution in [2.45, 2.75) is 52.0 Å². The van der Waals surface area contributed by atoms with Crippen molar-refractivity contribution in [3.63, 3.8) is 0 Å². The molecule has 0 aliphatic carbocycles. The first-order chi connectivity index (χ1) is 15.6. The Hall–Kier alpha value is -2.81. The maximum atomic E-state index is 13.9. The van der Waals surface area contributed by atoms with E-state index in [9.17, 15) is 26.3 Å². The van der Waals surface area contributed by atoms with Crippen LogP contribution in [0.2, 0.25) is 0 Å². The van der Waals surface area contributed by atoms with Crippen LogP contribution in [0.1, 0.15) is 56.4 Å². The molecule has 0 aliphatic heterocycles. The topological polar surface area (TPSA) is 47.6 Å². The smallest absolute Gasteiger partial charge is 0.419 e. The average molecular weight is 487 g/mol. The normalized spacial score (nSPS) is 14.8. The van der Waals surface area contributed by atoms with E-state index in [1.54, 1.807) is 13.8 Å². The van der Waals surface area contributed by atoms with Crippen molar-refractivity contribution in [1.82, 2.24) is 0 Å². The number of nitrogens with zero attached hydrogens (tertiary/aromatic N) is 1. The van der Waals surface area contributed by atoms with Gasteiger partial charge in [0, 0.05) is 11.1 Å². The quantitative estimate of drug-likeness (QED) is 0.308. The van der Waals surface area contributed by atoms with E-state index in [0.717, 1.165) is 18.2 Å². The lowest BCUT2D eigenvalue weighted by molar-refractivity contribution is -0.139. The summed E-state index contributed by atoms with van der Waals surface area (Å²) in [6.07, 6.45) is -7.26. The standard InChI is InChI=1S/C25H28F6N2O/c1-6-18(19-9-8-17(24(26,27)28)12-21(19)33-5)16-7-10-22(20(11-16)25(29,30)31)34-14-23(4,32)13-15(2)3/h6-12,15H,5,13-14,32H2,1-4H3/b18-6-. The van der Waals surface area contributed by atoms with Crippen LogP contribution in [-0.2, 0) is 12.4 Å². The lowest BCUT2D eigenvalue weighted by Crippen LogP contribution is -2.43.